The highest BCUT2D eigenvalue weighted by Crippen LogP contribution is 2.20. The van der Waals surface area contributed by atoms with E-state index < -0.39 is 54.0 Å². The molecule has 0 saturated heterocycles. The van der Waals surface area contributed by atoms with Gasteiger partial charge in [-0.25, -0.2) is 9.59 Å². The van der Waals surface area contributed by atoms with Gasteiger partial charge in [-0.05, 0) is 100 Å². The molecular weight excluding hydrogens is 753 g/mol. The third-order valence-electron chi connectivity index (χ3n) is 9.85. The molecule has 0 unspecified atom stereocenters. The van der Waals surface area contributed by atoms with E-state index >= 15 is 0 Å². The first-order chi connectivity index (χ1) is 28.7. The van der Waals surface area contributed by atoms with Gasteiger partial charge in [0.2, 0.25) is 17.7 Å². The van der Waals surface area contributed by atoms with E-state index in [1.165, 1.54) is 0 Å². The topological polar surface area (TPSA) is 246 Å². The summed E-state index contributed by atoms with van der Waals surface area (Å²) >= 11 is 0. The fourth-order valence-electron chi connectivity index (χ4n) is 6.55. The standard InChI is InChI=1S/C44H60N8O7/c45-24-12-9-21-36(50-42(55)38(23-11-14-26-47)52-44(57)59-30-32-17-5-2-6-18-32)40(53)49-37(22-10-13-25-46)41(54)51-39(43(56)58-29-31-15-3-1-4-16-31)27-33-28-48-35-20-8-7-19-34(33)35/h1-8,15-20,28,36-39,48H,9-14,21-27,29-30,45-47H2,(H,49,53)(H,50,55)(H,51,54)(H,52,57)/t36-,37+,38-,39-/m1/s1. The van der Waals surface area contributed by atoms with Crippen LogP contribution in [0.25, 0.3) is 10.9 Å². The summed E-state index contributed by atoms with van der Waals surface area (Å²) in [6, 6.07) is 21.7. The van der Waals surface area contributed by atoms with E-state index in [1.54, 1.807) is 6.20 Å². The number of esters is 1. The largest absolute Gasteiger partial charge is 0.459 e. The van der Waals surface area contributed by atoms with Crippen LogP contribution < -0.4 is 38.5 Å². The number of aromatic amines is 1. The van der Waals surface area contributed by atoms with E-state index in [4.69, 9.17) is 26.7 Å². The summed E-state index contributed by atoms with van der Waals surface area (Å²) in [7, 11) is 0. The third-order valence-corrected chi connectivity index (χ3v) is 9.85. The van der Waals surface area contributed by atoms with Crippen molar-refractivity contribution in [2.45, 2.75) is 102 Å². The highest BCUT2D eigenvalue weighted by molar-refractivity contribution is 5.95. The average molecular weight is 813 g/mol. The Hall–Kier alpha value is -5.77. The Morgan fingerprint density at radius 2 is 0.966 bits per heavy atom. The normalized spacial score (nSPS) is 13.1. The number of H-pyrrole nitrogens is 1. The van der Waals surface area contributed by atoms with E-state index in [9.17, 15) is 24.0 Å². The fraction of sp³-hybridized carbons (Fsp3) is 0.432. The molecule has 0 fully saturated rings. The lowest BCUT2D eigenvalue weighted by Gasteiger charge is -2.26. The number of nitrogens with one attached hydrogen (secondary N) is 5. The fourth-order valence-corrected chi connectivity index (χ4v) is 6.55. The van der Waals surface area contributed by atoms with Gasteiger partial charge in [-0.1, -0.05) is 78.9 Å². The number of nitrogens with two attached hydrogens (primary N) is 3. The monoisotopic (exact) mass is 812 g/mol. The molecule has 3 aromatic carbocycles. The van der Waals surface area contributed by atoms with Crippen LogP contribution in [0.5, 0.6) is 0 Å². The second-order valence-electron chi connectivity index (χ2n) is 14.5. The molecule has 1 heterocycles. The van der Waals surface area contributed by atoms with Crippen LogP contribution in [-0.2, 0) is 48.3 Å². The summed E-state index contributed by atoms with van der Waals surface area (Å²) in [6.07, 6.45) is 5.15. The van der Waals surface area contributed by atoms with Gasteiger partial charge >= 0.3 is 12.1 Å². The SMILES string of the molecule is NCCCC[C@H](NC(=O)[C@@H](CCCCN)NC(=O)[C@@H](CCCCN)NC(=O)OCc1ccccc1)C(=O)N[C@H](Cc1c[nH]c2ccccc12)C(=O)OCc1ccccc1. The minimum Gasteiger partial charge on any atom is -0.459 e. The molecule has 0 aliphatic carbocycles. The Balaban J connectivity index is 1.51. The Labute approximate surface area is 345 Å². The maximum Gasteiger partial charge on any atom is 0.408 e. The number of unbranched alkanes of at least 4 members (excludes halogenated alkanes) is 3. The molecule has 1 aromatic heterocycles. The predicted molar refractivity (Wildman–Crippen MR) is 226 cm³/mol. The van der Waals surface area contributed by atoms with Crippen LogP contribution in [0.4, 0.5) is 4.79 Å². The second-order valence-corrected chi connectivity index (χ2v) is 14.5. The summed E-state index contributed by atoms with van der Waals surface area (Å²) < 4.78 is 11.1. The first-order valence-corrected chi connectivity index (χ1v) is 20.5. The van der Waals surface area contributed by atoms with E-state index in [-0.39, 0.29) is 38.9 Å². The van der Waals surface area contributed by atoms with Gasteiger partial charge in [0, 0.05) is 23.5 Å². The maximum absolute atomic E-state index is 14.2. The minimum atomic E-state index is -1.10. The van der Waals surface area contributed by atoms with E-state index in [0.717, 1.165) is 27.6 Å². The van der Waals surface area contributed by atoms with Gasteiger partial charge in [-0.2, -0.15) is 0 Å². The van der Waals surface area contributed by atoms with Crippen LogP contribution in [0.1, 0.15) is 74.5 Å². The molecule has 15 heteroatoms. The van der Waals surface area contributed by atoms with Crippen LogP contribution in [0.3, 0.4) is 0 Å². The van der Waals surface area contributed by atoms with Gasteiger partial charge in [0.15, 0.2) is 0 Å². The number of aromatic nitrogens is 1. The van der Waals surface area contributed by atoms with Gasteiger partial charge < -0.3 is 52.9 Å². The zero-order valence-corrected chi connectivity index (χ0v) is 33.7. The third kappa shape index (κ3) is 15.8. The minimum absolute atomic E-state index is 0.00753. The lowest BCUT2D eigenvalue weighted by molar-refractivity contribution is -0.149. The van der Waals surface area contributed by atoms with Crippen molar-refractivity contribution in [3.8, 4) is 0 Å². The molecule has 15 nitrogen and oxygen atoms in total. The van der Waals surface area contributed by atoms with Crippen molar-refractivity contribution in [2.24, 2.45) is 17.2 Å². The molecule has 11 N–H and O–H groups in total. The predicted octanol–water partition coefficient (Wildman–Crippen LogP) is 3.59. The molecule has 4 atom stereocenters. The van der Waals surface area contributed by atoms with E-state index in [2.05, 4.69) is 26.3 Å². The van der Waals surface area contributed by atoms with E-state index in [0.29, 0.717) is 58.2 Å². The lowest BCUT2D eigenvalue weighted by atomic mass is 10.0. The van der Waals surface area contributed by atoms with Crippen LogP contribution in [-0.4, -0.2) is 78.6 Å². The van der Waals surface area contributed by atoms with Crippen LogP contribution in [0.2, 0.25) is 0 Å². The Morgan fingerprint density at radius 1 is 0.525 bits per heavy atom. The van der Waals surface area contributed by atoms with Gasteiger partial charge in [-0.3, -0.25) is 14.4 Å². The van der Waals surface area contributed by atoms with Gasteiger partial charge in [0.1, 0.15) is 37.4 Å². The van der Waals surface area contributed by atoms with Crippen molar-refractivity contribution in [1.29, 1.82) is 0 Å². The zero-order chi connectivity index (χ0) is 42.2. The molecule has 59 heavy (non-hydrogen) atoms. The number of hydrogen-bond donors (Lipinski definition) is 8. The quantitative estimate of drug-likeness (QED) is 0.0338. The number of ether oxygens (including phenoxy) is 2. The number of hydrogen-bond acceptors (Lipinski definition) is 10. The molecule has 4 amide bonds. The van der Waals surface area contributed by atoms with Gasteiger partial charge in [0.25, 0.3) is 0 Å². The van der Waals surface area contributed by atoms with E-state index in [1.807, 2.05) is 84.9 Å². The summed E-state index contributed by atoms with van der Waals surface area (Å²) in [5, 5.41) is 12.1. The summed E-state index contributed by atoms with van der Waals surface area (Å²) in [5.74, 6) is -2.42. The number of carbonyl (C=O) groups is 5. The second kappa shape index (κ2) is 25.6. The van der Waals surface area contributed by atoms with Crippen molar-refractivity contribution in [3.63, 3.8) is 0 Å². The maximum atomic E-state index is 14.2. The number of alkyl carbamates (subject to hydrolysis) is 1. The van der Waals surface area contributed by atoms with Gasteiger partial charge in [-0.15, -0.1) is 0 Å². The summed E-state index contributed by atoms with van der Waals surface area (Å²) in [4.78, 5) is 71.8. The molecule has 0 bridgehead atoms. The average Bonchev–Trinajstić information content (AvgIpc) is 3.66. The molecule has 4 aromatic rings. The summed E-state index contributed by atoms with van der Waals surface area (Å²) in [5.41, 5.74) is 20.5. The summed E-state index contributed by atoms with van der Waals surface area (Å²) in [6.45, 7) is 1.17. The molecule has 0 radical (unpaired) electrons. The lowest BCUT2D eigenvalue weighted by Crippen LogP contribution is -2.58. The van der Waals surface area contributed by atoms with Crippen molar-refractivity contribution in [1.82, 2.24) is 26.3 Å². The zero-order valence-electron chi connectivity index (χ0n) is 33.7. The molecule has 4 rings (SSSR count). The first kappa shape index (κ1) is 45.9. The van der Waals surface area contributed by atoms with Crippen molar-refractivity contribution < 1.29 is 33.4 Å². The van der Waals surface area contributed by atoms with Gasteiger partial charge in [0.05, 0.1) is 0 Å². The highest BCUT2D eigenvalue weighted by Gasteiger charge is 2.32. The van der Waals surface area contributed by atoms with Crippen LogP contribution in [0, 0.1) is 0 Å². The molecule has 0 saturated carbocycles. The number of rotatable bonds is 26. The number of carbonyl (C=O) groups excluding carboxylic acids is 5. The Morgan fingerprint density at radius 3 is 1.47 bits per heavy atom. The van der Waals surface area contributed by atoms with Crippen molar-refractivity contribution >= 4 is 40.7 Å². The van der Waals surface area contributed by atoms with Crippen molar-refractivity contribution in [2.75, 3.05) is 19.6 Å². The number of amides is 4. The number of fused-ring (bicyclic) bond motifs is 1. The number of para-hydroxylation sites is 1. The smallest absolute Gasteiger partial charge is 0.408 e. The van der Waals surface area contributed by atoms with Crippen LogP contribution >= 0.6 is 0 Å². The molecular formula is C44H60N8O7. The molecule has 0 spiro atoms. The molecule has 318 valence electrons. The molecule has 0 aliphatic rings. The Kier molecular flexibility index (Phi) is 19.9. The Bertz CT molecular complexity index is 1890. The highest BCUT2D eigenvalue weighted by atomic mass is 16.5. The first-order valence-electron chi connectivity index (χ1n) is 20.5. The van der Waals surface area contributed by atoms with Crippen molar-refractivity contribution in [3.05, 3.63) is 108 Å². The number of benzene rings is 3. The van der Waals surface area contributed by atoms with Crippen LogP contribution in [0.15, 0.2) is 91.1 Å². The molecule has 0 aliphatic heterocycles.